The molecule has 0 atom stereocenters. The largest absolute Gasteiger partial charge is 0.476 e. The van der Waals surface area contributed by atoms with Crippen molar-refractivity contribution in [3.05, 3.63) is 21.3 Å². The Morgan fingerprint density at radius 3 is 2.64 bits per heavy atom. The number of halogens is 3. The maximum atomic E-state index is 8.53. The van der Waals surface area contributed by atoms with Gasteiger partial charge in [0.05, 0.1) is 11.6 Å². The number of ether oxygens (including phenoxy) is 1. The second-order valence-corrected chi connectivity index (χ2v) is 3.65. The Bertz CT molecular complexity index is 320. The van der Waals surface area contributed by atoms with E-state index in [2.05, 4.69) is 4.98 Å². The molecule has 0 bridgehead atoms. The Morgan fingerprint density at radius 2 is 2.00 bits per heavy atom. The van der Waals surface area contributed by atoms with Gasteiger partial charge < -0.3 is 9.84 Å². The van der Waals surface area contributed by atoms with Crippen LogP contribution in [0.2, 0.25) is 15.2 Å². The summed E-state index contributed by atoms with van der Waals surface area (Å²) >= 11 is 17.1. The van der Waals surface area contributed by atoms with E-state index in [-0.39, 0.29) is 22.7 Å². The third kappa shape index (κ3) is 3.17. The van der Waals surface area contributed by atoms with Crippen LogP contribution in [0.15, 0.2) is 6.07 Å². The summed E-state index contributed by atoms with van der Waals surface area (Å²) in [6.45, 7) is 0.389. The number of hydrogen-bond acceptors (Lipinski definition) is 3. The molecule has 0 spiro atoms. The second kappa shape index (κ2) is 5.61. The fraction of sp³-hybridized carbons (Fsp3) is 0.375. The lowest BCUT2D eigenvalue weighted by Crippen LogP contribution is -2.01. The van der Waals surface area contributed by atoms with Gasteiger partial charge in [-0.05, 0) is 6.07 Å². The molecule has 78 valence electrons. The van der Waals surface area contributed by atoms with Crippen LogP contribution in [0, 0.1) is 0 Å². The maximum absolute atomic E-state index is 8.53. The number of rotatable bonds is 4. The Balaban J connectivity index is 2.72. The molecule has 0 fully saturated rings. The molecule has 6 heteroatoms. The highest BCUT2D eigenvalue weighted by atomic mass is 35.5. The summed E-state index contributed by atoms with van der Waals surface area (Å²) in [7, 11) is 0. The van der Waals surface area contributed by atoms with Crippen LogP contribution in [0.5, 0.6) is 5.88 Å². The van der Waals surface area contributed by atoms with Gasteiger partial charge in [-0.25, -0.2) is 0 Å². The Morgan fingerprint density at radius 1 is 1.29 bits per heavy atom. The minimum Gasteiger partial charge on any atom is -0.476 e. The summed E-state index contributed by atoms with van der Waals surface area (Å²) in [6.07, 6.45) is 0.512. The first-order valence-corrected chi connectivity index (χ1v) is 5.03. The van der Waals surface area contributed by atoms with Crippen molar-refractivity contribution in [2.75, 3.05) is 13.2 Å². The third-order valence-corrected chi connectivity index (χ3v) is 2.34. The third-order valence-electron chi connectivity index (χ3n) is 1.40. The number of hydrogen-bond donors (Lipinski definition) is 1. The van der Waals surface area contributed by atoms with Gasteiger partial charge in [0.2, 0.25) is 5.88 Å². The van der Waals surface area contributed by atoms with E-state index in [0.29, 0.717) is 18.1 Å². The molecule has 0 unspecified atom stereocenters. The minimum atomic E-state index is 0.0545. The SMILES string of the molecule is OCCCOc1nc(Cl)c(Cl)cc1Cl. The van der Waals surface area contributed by atoms with E-state index in [1.54, 1.807) is 0 Å². The van der Waals surface area contributed by atoms with Crippen molar-refractivity contribution in [3.63, 3.8) is 0 Å². The zero-order valence-corrected chi connectivity index (χ0v) is 9.40. The van der Waals surface area contributed by atoms with Gasteiger partial charge in [-0.15, -0.1) is 0 Å². The molecular weight excluding hydrogens is 248 g/mol. The standard InChI is InChI=1S/C8H8Cl3NO2/c9-5-4-6(10)8(12-7(5)11)14-3-1-2-13/h4,13H,1-3H2. The second-order valence-electron chi connectivity index (χ2n) is 2.47. The first-order chi connectivity index (χ1) is 6.65. The first kappa shape index (κ1) is 11.9. The van der Waals surface area contributed by atoms with E-state index in [1.807, 2.05) is 0 Å². The summed E-state index contributed by atoms with van der Waals surface area (Å²) in [6, 6.07) is 1.47. The maximum Gasteiger partial charge on any atom is 0.234 e. The molecule has 1 N–H and O–H groups in total. The Kier molecular flexibility index (Phi) is 4.75. The molecule has 1 rings (SSSR count). The van der Waals surface area contributed by atoms with Crippen molar-refractivity contribution in [1.82, 2.24) is 4.98 Å². The fourth-order valence-electron chi connectivity index (χ4n) is 0.763. The Hall–Kier alpha value is -0.220. The molecular formula is C8H8Cl3NO2. The average Bonchev–Trinajstić information content (AvgIpc) is 2.14. The van der Waals surface area contributed by atoms with Gasteiger partial charge in [0.15, 0.2) is 5.15 Å². The highest BCUT2D eigenvalue weighted by Crippen LogP contribution is 2.30. The zero-order valence-electron chi connectivity index (χ0n) is 7.14. The zero-order chi connectivity index (χ0) is 10.6. The topological polar surface area (TPSA) is 42.4 Å². The molecule has 0 saturated heterocycles. The van der Waals surface area contributed by atoms with Crippen molar-refractivity contribution < 1.29 is 9.84 Å². The van der Waals surface area contributed by atoms with Crippen LogP contribution in [0.3, 0.4) is 0 Å². The number of aliphatic hydroxyl groups is 1. The molecule has 0 aliphatic carbocycles. The van der Waals surface area contributed by atoms with E-state index >= 15 is 0 Å². The summed E-state index contributed by atoms with van der Waals surface area (Å²) in [5.74, 6) is 0.231. The number of aliphatic hydroxyl groups excluding tert-OH is 1. The van der Waals surface area contributed by atoms with Crippen LogP contribution in [0.1, 0.15) is 6.42 Å². The summed E-state index contributed by atoms with van der Waals surface area (Å²) < 4.78 is 5.17. The van der Waals surface area contributed by atoms with Crippen LogP contribution >= 0.6 is 34.8 Å². The van der Waals surface area contributed by atoms with Crippen molar-refractivity contribution >= 4 is 34.8 Å². The van der Waals surface area contributed by atoms with Crippen molar-refractivity contribution in [2.24, 2.45) is 0 Å². The summed E-state index contributed by atoms with van der Waals surface area (Å²) in [5.41, 5.74) is 0. The minimum absolute atomic E-state index is 0.0545. The van der Waals surface area contributed by atoms with E-state index in [9.17, 15) is 0 Å². The number of aromatic nitrogens is 1. The highest BCUT2D eigenvalue weighted by Gasteiger charge is 2.08. The predicted octanol–water partition coefficient (Wildman–Crippen LogP) is 2.80. The van der Waals surface area contributed by atoms with E-state index in [1.165, 1.54) is 6.07 Å². The van der Waals surface area contributed by atoms with Gasteiger partial charge in [-0.1, -0.05) is 34.8 Å². The Labute approximate surface area is 96.6 Å². The lowest BCUT2D eigenvalue weighted by Gasteiger charge is -2.06. The van der Waals surface area contributed by atoms with Gasteiger partial charge >= 0.3 is 0 Å². The van der Waals surface area contributed by atoms with Crippen LogP contribution < -0.4 is 4.74 Å². The van der Waals surface area contributed by atoms with Gasteiger partial charge in [-0.2, -0.15) is 4.98 Å². The quantitative estimate of drug-likeness (QED) is 0.665. The lowest BCUT2D eigenvalue weighted by atomic mass is 10.4. The van der Waals surface area contributed by atoms with E-state index in [4.69, 9.17) is 44.6 Å². The highest BCUT2D eigenvalue weighted by molar-refractivity contribution is 6.42. The van der Waals surface area contributed by atoms with Crippen LogP contribution in [0.4, 0.5) is 0 Å². The molecule has 1 aromatic heterocycles. The van der Waals surface area contributed by atoms with Crippen molar-refractivity contribution in [3.8, 4) is 5.88 Å². The van der Waals surface area contributed by atoms with Crippen molar-refractivity contribution in [1.29, 1.82) is 0 Å². The van der Waals surface area contributed by atoms with Gasteiger partial charge in [0, 0.05) is 13.0 Å². The fourth-order valence-corrected chi connectivity index (χ4v) is 1.31. The van der Waals surface area contributed by atoms with Gasteiger partial charge in [0.25, 0.3) is 0 Å². The van der Waals surface area contributed by atoms with E-state index in [0.717, 1.165) is 0 Å². The van der Waals surface area contributed by atoms with E-state index < -0.39 is 0 Å². The molecule has 0 saturated carbocycles. The van der Waals surface area contributed by atoms with Gasteiger partial charge in [0.1, 0.15) is 5.02 Å². The molecule has 0 radical (unpaired) electrons. The molecule has 0 aromatic carbocycles. The number of pyridine rings is 1. The molecule has 14 heavy (non-hydrogen) atoms. The normalized spacial score (nSPS) is 10.3. The van der Waals surface area contributed by atoms with Gasteiger partial charge in [-0.3, -0.25) is 0 Å². The summed E-state index contributed by atoms with van der Waals surface area (Å²) in [4.78, 5) is 3.84. The molecule has 3 nitrogen and oxygen atoms in total. The van der Waals surface area contributed by atoms with Crippen LogP contribution in [-0.4, -0.2) is 23.3 Å². The molecule has 0 aliphatic rings. The van der Waals surface area contributed by atoms with Crippen LogP contribution in [-0.2, 0) is 0 Å². The van der Waals surface area contributed by atoms with Crippen LogP contribution in [0.25, 0.3) is 0 Å². The molecule has 1 heterocycles. The lowest BCUT2D eigenvalue weighted by molar-refractivity contribution is 0.229. The molecule has 0 aliphatic heterocycles. The summed E-state index contributed by atoms with van der Waals surface area (Å²) in [5, 5.41) is 9.27. The number of nitrogens with zero attached hydrogens (tertiary/aromatic N) is 1. The first-order valence-electron chi connectivity index (χ1n) is 3.90. The average molecular weight is 257 g/mol. The smallest absolute Gasteiger partial charge is 0.234 e. The monoisotopic (exact) mass is 255 g/mol. The molecule has 0 amide bonds. The molecule has 1 aromatic rings. The predicted molar refractivity (Wildman–Crippen MR) is 56.5 cm³/mol. The van der Waals surface area contributed by atoms with Crippen molar-refractivity contribution in [2.45, 2.75) is 6.42 Å².